The van der Waals surface area contributed by atoms with Gasteiger partial charge in [-0.25, -0.2) is 4.39 Å². The van der Waals surface area contributed by atoms with Crippen LogP contribution in [0.3, 0.4) is 0 Å². The summed E-state index contributed by atoms with van der Waals surface area (Å²) in [5.41, 5.74) is 2.04. The van der Waals surface area contributed by atoms with Gasteiger partial charge in [0.15, 0.2) is 6.17 Å². The quantitative estimate of drug-likeness (QED) is 0.636. The van der Waals surface area contributed by atoms with E-state index in [1.807, 2.05) is 6.92 Å². The third kappa shape index (κ3) is 4.01. The number of hydrogen-bond donors (Lipinski definition) is 4. The Bertz CT molecular complexity index is 782. The summed E-state index contributed by atoms with van der Waals surface area (Å²) in [6, 6.07) is 11.5. The second kappa shape index (κ2) is 8.22. The number of ether oxygens (including phenoxy) is 1. The van der Waals surface area contributed by atoms with Gasteiger partial charge in [-0.3, -0.25) is 0 Å². The van der Waals surface area contributed by atoms with Crippen LogP contribution in [0.15, 0.2) is 42.5 Å². The van der Waals surface area contributed by atoms with Crippen LogP contribution in [0.1, 0.15) is 34.5 Å². The number of aliphatic hydroxyl groups is 4. The fourth-order valence-electron chi connectivity index (χ4n) is 3.23. The van der Waals surface area contributed by atoms with Crippen molar-refractivity contribution in [3.63, 3.8) is 0 Å². The molecule has 0 bridgehead atoms. The van der Waals surface area contributed by atoms with E-state index in [1.165, 1.54) is 12.1 Å². The molecule has 0 saturated carbocycles. The molecule has 0 amide bonds. The Labute approximate surface area is 161 Å². The zero-order valence-corrected chi connectivity index (χ0v) is 15.4. The predicted molar refractivity (Wildman–Crippen MR) is 98.3 cm³/mol. The van der Waals surface area contributed by atoms with Crippen LogP contribution in [0.25, 0.3) is 0 Å². The molecule has 5 nitrogen and oxygen atoms in total. The monoisotopic (exact) mass is 396 g/mol. The molecule has 27 heavy (non-hydrogen) atoms. The Morgan fingerprint density at radius 2 is 1.70 bits per heavy atom. The number of benzene rings is 2. The van der Waals surface area contributed by atoms with Gasteiger partial charge in [-0.15, -0.1) is 0 Å². The van der Waals surface area contributed by atoms with E-state index in [0.29, 0.717) is 11.1 Å². The minimum atomic E-state index is -1.50. The van der Waals surface area contributed by atoms with Gasteiger partial charge in [0.1, 0.15) is 30.5 Å². The van der Waals surface area contributed by atoms with Gasteiger partial charge in [0.2, 0.25) is 0 Å². The maximum atomic E-state index is 15.1. The van der Waals surface area contributed by atoms with Gasteiger partial charge < -0.3 is 25.2 Å². The van der Waals surface area contributed by atoms with Crippen LogP contribution in [0.5, 0.6) is 0 Å². The average Bonchev–Trinajstić information content (AvgIpc) is 2.67. The first-order valence-corrected chi connectivity index (χ1v) is 9.01. The van der Waals surface area contributed by atoms with Gasteiger partial charge >= 0.3 is 0 Å². The number of alkyl halides is 1. The number of hydrogen-bond acceptors (Lipinski definition) is 5. The van der Waals surface area contributed by atoms with Crippen molar-refractivity contribution in [2.75, 3.05) is 6.61 Å². The summed E-state index contributed by atoms with van der Waals surface area (Å²) in [6.45, 7) is 1.38. The van der Waals surface area contributed by atoms with Crippen molar-refractivity contribution in [3.8, 4) is 0 Å². The number of aryl methyl sites for hydroxylation is 1. The maximum absolute atomic E-state index is 15.1. The molecule has 1 heterocycles. The molecule has 6 atom stereocenters. The van der Waals surface area contributed by atoms with Gasteiger partial charge in [-0.2, -0.15) is 0 Å². The van der Waals surface area contributed by atoms with Crippen LogP contribution in [0.4, 0.5) is 4.39 Å². The van der Waals surface area contributed by atoms with Gasteiger partial charge in [-0.05, 0) is 30.2 Å². The molecule has 0 aromatic heterocycles. The average molecular weight is 397 g/mol. The van der Waals surface area contributed by atoms with Crippen molar-refractivity contribution < 1.29 is 29.6 Å². The minimum Gasteiger partial charge on any atom is -0.394 e. The van der Waals surface area contributed by atoms with Crippen molar-refractivity contribution in [2.24, 2.45) is 0 Å². The maximum Gasteiger partial charge on any atom is 0.152 e. The first-order valence-electron chi connectivity index (χ1n) is 8.64. The molecule has 1 aliphatic rings. The molecule has 2 aromatic carbocycles. The molecule has 146 valence electrons. The molecule has 0 aliphatic carbocycles. The summed E-state index contributed by atoms with van der Waals surface area (Å²) in [4.78, 5) is 0. The molecule has 3 rings (SSSR count). The van der Waals surface area contributed by atoms with Gasteiger partial charge in [-0.1, -0.05) is 47.5 Å². The Morgan fingerprint density at radius 3 is 2.33 bits per heavy atom. The third-order valence-electron chi connectivity index (χ3n) is 4.88. The molecule has 7 heteroatoms. The molecule has 0 spiro atoms. The molecule has 1 saturated heterocycles. The van der Waals surface area contributed by atoms with Crippen LogP contribution >= 0.6 is 11.6 Å². The fraction of sp³-hybridized carbons (Fsp3) is 0.400. The van der Waals surface area contributed by atoms with E-state index in [0.717, 1.165) is 5.56 Å². The SMILES string of the molecule is Cc1ccc(C(F)c2cc(C3OC(CO)C(O)C(O)C3O)ccc2Cl)cc1. The summed E-state index contributed by atoms with van der Waals surface area (Å²) in [5, 5.41) is 39.7. The van der Waals surface area contributed by atoms with E-state index in [-0.39, 0.29) is 10.6 Å². The lowest BCUT2D eigenvalue weighted by Gasteiger charge is -2.40. The van der Waals surface area contributed by atoms with Crippen LogP contribution in [0, 0.1) is 6.92 Å². The topological polar surface area (TPSA) is 90.2 Å². The van der Waals surface area contributed by atoms with E-state index < -0.39 is 43.3 Å². The summed E-state index contributed by atoms with van der Waals surface area (Å²) in [6.07, 6.45) is -7.95. The molecule has 1 aliphatic heterocycles. The Morgan fingerprint density at radius 1 is 1.04 bits per heavy atom. The highest BCUT2D eigenvalue weighted by molar-refractivity contribution is 6.31. The van der Waals surface area contributed by atoms with Crippen LogP contribution in [0.2, 0.25) is 5.02 Å². The summed E-state index contributed by atoms with van der Waals surface area (Å²) in [7, 11) is 0. The molecule has 6 unspecified atom stereocenters. The van der Waals surface area contributed by atoms with Crippen LogP contribution in [-0.4, -0.2) is 51.4 Å². The van der Waals surface area contributed by atoms with E-state index in [4.69, 9.17) is 16.3 Å². The summed E-state index contributed by atoms with van der Waals surface area (Å²) >= 11 is 6.18. The molecular formula is C20H22ClFO5. The van der Waals surface area contributed by atoms with Crippen molar-refractivity contribution in [2.45, 2.75) is 43.6 Å². The smallest absolute Gasteiger partial charge is 0.152 e. The Kier molecular flexibility index (Phi) is 6.15. The van der Waals surface area contributed by atoms with Crippen LogP contribution in [-0.2, 0) is 4.74 Å². The molecular weight excluding hydrogens is 375 g/mol. The van der Waals surface area contributed by atoms with E-state index >= 15 is 4.39 Å². The Hall–Kier alpha value is -1.54. The van der Waals surface area contributed by atoms with Gasteiger partial charge in [0, 0.05) is 10.6 Å². The van der Waals surface area contributed by atoms with Crippen LogP contribution < -0.4 is 0 Å². The zero-order chi connectivity index (χ0) is 19.7. The van der Waals surface area contributed by atoms with Gasteiger partial charge in [0.25, 0.3) is 0 Å². The third-order valence-corrected chi connectivity index (χ3v) is 5.23. The lowest BCUT2D eigenvalue weighted by Crippen LogP contribution is -2.55. The van der Waals surface area contributed by atoms with Crippen molar-refractivity contribution in [3.05, 3.63) is 69.7 Å². The molecule has 4 N–H and O–H groups in total. The standard InChI is InChI=1S/C20H22ClFO5/c1-10-2-4-11(5-3-10)16(22)13-8-12(6-7-14(13)21)20-19(26)18(25)17(24)15(9-23)27-20/h2-8,15-20,23-26H,9H2,1H3. The van der Waals surface area contributed by atoms with Crippen molar-refractivity contribution in [1.82, 2.24) is 0 Å². The lowest BCUT2D eigenvalue weighted by molar-refractivity contribution is -0.231. The number of aliphatic hydroxyl groups excluding tert-OH is 4. The minimum absolute atomic E-state index is 0.204. The van der Waals surface area contributed by atoms with Gasteiger partial charge in [0.05, 0.1) is 6.61 Å². The fourth-order valence-corrected chi connectivity index (χ4v) is 3.44. The first-order chi connectivity index (χ1) is 12.8. The van der Waals surface area contributed by atoms with Crippen molar-refractivity contribution in [1.29, 1.82) is 0 Å². The lowest BCUT2D eigenvalue weighted by atomic mass is 9.90. The highest BCUT2D eigenvalue weighted by atomic mass is 35.5. The normalized spacial score (nSPS) is 29.5. The summed E-state index contributed by atoms with van der Waals surface area (Å²) < 4.78 is 20.6. The largest absolute Gasteiger partial charge is 0.394 e. The second-order valence-electron chi connectivity index (χ2n) is 6.80. The van der Waals surface area contributed by atoms with Crippen molar-refractivity contribution >= 4 is 11.6 Å². The molecule has 1 fully saturated rings. The number of halogens is 2. The number of rotatable bonds is 4. The molecule has 0 radical (unpaired) electrons. The van der Waals surface area contributed by atoms with E-state index in [2.05, 4.69) is 0 Å². The zero-order valence-electron chi connectivity index (χ0n) is 14.7. The second-order valence-corrected chi connectivity index (χ2v) is 7.21. The molecule has 2 aromatic rings. The summed E-state index contributed by atoms with van der Waals surface area (Å²) in [5.74, 6) is 0. The van der Waals surface area contributed by atoms with E-state index in [9.17, 15) is 20.4 Å². The highest BCUT2D eigenvalue weighted by Crippen LogP contribution is 2.37. The Balaban J connectivity index is 1.93. The van der Waals surface area contributed by atoms with E-state index in [1.54, 1.807) is 30.3 Å². The first kappa shape index (κ1) is 20.2. The highest BCUT2D eigenvalue weighted by Gasteiger charge is 2.44. The predicted octanol–water partition coefficient (Wildman–Crippen LogP) is 2.22.